The lowest BCUT2D eigenvalue weighted by Crippen LogP contribution is -2.46. The number of benzene rings is 1. The minimum atomic E-state index is -0.388. The molecular weight excluding hydrogens is 296 g/mol. The van der Waals surface area contributed by atoms with Crippen molar-refractivity contribution in [1.29, 1.82) is 0 Å². The number of hydrogen-bond acceptors (Lipinski definition) is 5. The minimum Gasteiger partial charge on any atom is -0.354 e. The molecule has 1 aromatic rings. The number of nitrogens with two attached hydrogens (primary N) is 1. The van der Waals surface area contributed by atoms with Gasteiger partial charge in [0.25, 0.3) is 5.69 Å². The predicted octanol–water partition coefficient (Wildman–Crippen LogP) is 1.41. The molecular formula is C16H24N4O3. The number of piperidine rings is 1. The van der Waals surface area contributed by atoms with Gasteiger partial charge >= 0.3 is 0 Å². The molecule has 1 fully saturated rings. The van der Waals surface area contributed by atoms with E-state index in [4.69, 9.17) is 5.73 Å². The molecule has 0 saturated carbocycles. The number of carbonyl (C=O) groups excluding carboxylic acids is 1. The van der Waals surface area contributed by atoms with Crippen LogP contribution in [0.1, 0.15) is 31.2 Å². The van der Waals surface area contributed by atoms with E-state index in [2.05, 4.69) is 10.2 Å². The lowest BCUT2D eigenvalue weighted by Gasteiger charge is -2.35. The second-order valence-electron chi connectivity index (χ2n) is 5.89. The van der Waals surface area contributed by atoms with Gasteiger partial charge in [0.05, 0.1) is 4.92 Å². The number of nitrogens with one attached hydrogen (secondary N) is 1. The van der Waals surface area contributed by atoms with Gasteiger partial charge in [0.2, 0.25) is 5.91 Å². The van der Waals surface area contributed by atoms with E-state index in [1.54, 1.807) is 12.1 Å². The summed E-state index contributed by atoms with van der Waals surface area (Å²) in [7, 11) is 0. The second kappa shape index (κ2) is 8.59. The van der Waals surface area contributed by atoms with Crippen molar-refractivity contribution in [3.05, 3.63) is 39.9 Å². The zero-order valence-electron chi connectivity index (χ0n) is 13.2. The van der Waals surface area contributed by atoms with Crippen molar-refractivity contribution in [2.24, 2.45) is 5.73 Å². The fraction of sp³-hybridized carbons (Fsp3) is 0.562. The van der Waals surface area contributed by atoms with Crippen LogP contribution in [0.15, 0.2) is 24.3 Å². The largest absolute Gasteiger partial charge is 0.354 e. The fourth-order valence-electron chi connectivity index (χ4n) is 2.91. The van der Waals surface area contributed by atoms with Gasteiger partial charge in [-0.2, -0.15) is 0 Å². The first kappa shape index (κ1) is 17.4. The van der Waals surface area contributed by atoms with Crippen LogP contribution >= 0.6 is 0 Å². The first-order chi connectivity index (χ1) is 11.1. The van der Waals surface area contributed by atoms with Crippen molar-refractivity contribution in [3.8, 4) is 0 Å². The molecule has 0 bridgehead atoms. The van der Waals surface area contributed by atoms with Gasteiger partial charge < -0.3 is 11.1 Å². The smallest absolute Gasteiger partial charge is 0.269 e. The van der Waals surface area contributed by atoms with E-state index in [1.807, 2.05) is 0 Å². The molecule has 23 heavy (non-hydrogen) atoms. The molecule has 0 radical (unpaired) electrons. The summed E-state index contributed by atoms with van der Waals surface area (Å²) in [6, 6.07) is 6.99. The average Bonchev–Trinajstić information content (AvgIpc) is 2.55. The summed E-state index contributed by atoms with van der Waals surface area (Å²) in [6.07, 6.45) is 3.71. The van der Waals surface area contributed by atoms with Crippen LogP contribution < -0.4 is 11.1 Å². The number of non-ortho nitro benzene ring substituents is 1. The Morgan fingerprint density at radius 1 is 1.35 bits per heavy atom. The van der Waals surface area contributed by atoms with Gasteiger partial charge in [0.15, 0.2) is 0 Å². The Morgan fingerprint density at radius 2 is 2.09 bits per heavy atom. The van der Waals surface area contributed by atoms with E-state index in [9.17, 15) is 14.9 Å². The molecule has 7 nitrogen and oxygen atoms in total. The zero-order chi connectivity index (χ0) is 16.7. The molecule has 1 heterocycles. The molecule has 1 saturated heterocycles. The quantitative estimate of drug-likeness (QED) is 0.584. The van der Waals surface area contributed by atoms with Crippen LogP contribution in [0.4, 0.5) is 5.69 Å². The van der Waals surface area contributed by atoms with Gasteiger partial charge in [-0.3, -0.25) is 19.8 Å². The molecule has 0 spiro atoms. The summed E-state index contributed by atoms with van der Waals surface area (Å²) in [4.78, 5) is 24.2. The Balaban J connectivity index is 1.92. The van der Waals surface area contributed by atoms with Crippen molar-refractivity contribution < 1.29 is 9.72 Å². The van der Waals surface area contributed by atoms with Gasteiger partial charge in [-0.15, -0.1) is 0 Å². The maximum Gasteiger partial charge on any atom is 0.269 e. The predicted molar refractivity (Wildman–Crippen MR) is 87.8 cm³/mol. The topological polar surface area (TPSA) is 102 Å². The lowest BCUT2D eigenvalue weighted by atomic mass is 10.0. The van der Waals surface area contributed by atoms with Gasteiger partial charge in [-0.1, -0.05) is 18.6 Å². The van der Waals surface area contributed by atoms with Gasteiger partial charge in [0, 0.05) is 44.2 Å². The van der Waals surface area contributed by atoms with Crippen molar-refractivity contribution in [3.63, 3.8) is 0 Å². The lowest BCUT2D eigenvalue weighted by molar-refractivity contribution is -0.384. The Kier molecular flexibility index (Phi) is 6.49. The summed E-state index contributed by atoms with van der Waals surface area (Å²) >= 11 is 0. The summed E-state index contributed by atoms with van der Waals surface area (Å²) in [6.45, 7) is 2.72. The Morgan fingerprint density at radius 3 is 2.74 bits per heavy atom. The molecule has 1 aliphatic heterocycles. The third kappa shape index (κ3) is 5.30. The molecule has 1 amide bonds. The van der Waals surface area contributed by atoms with E-state index in [0.29, 0.717) is 25.6 Å². The van der Waals surface area contributed by atoms with Crippen molar-refractivity contribution in [2.45, 2.75) is 38.3 Å². The second-order valence-corrected chi connectivity index (χ2v) is 5.89. The molecule has 0 aliphatic carbocycles. The van der Waals surface area contributed by atoms with Crippen molar-refractivity contribution in [1.82, 2.24) is 10.2 Å². The summed E-state index contributed by atoms with van der Waals surface area (Å²) < 4.78 is 0. The molecule has 1 atom stereocenters. The number of nitrogens with zero attached hydrogens (tertiary/aromatic N) is 2. The standard InChI is InChI=1S/C16H24N4O3/c17-9-8-16(21)18-11-15-3-1-2-10-19(15)12-13-4-6-14(7-5-13)20(22)23/h4-7,15H,1-3,8-12,17H2,(H,18,21). The molecule has 3 N–H and O–H groups in total. The number of likely N-dealkylation sites (tertiary alicyclic amines) is 1. The van der Waals surface area contributed by atoms with Crippen LogP contribution in [-0.2, 0) is 11.3 Å². The van der Waals surface area contributed by atoms with Crippen LogP contribution in [0.2, 0.25) is 0 Å². The molecule has 1 unspecified atom stereocenters. The number of hydrogen-bond donors (Lipinski definition) is 2. The maximum absolute atomic E-state index is 11.6. The van der Waals surface area contributed by atoms with Crippen LogP contribution in [0.5, 0.6) is 0 Å². The number of rotatable bonds is 7. The third-order valence-electron chi connectivity index (χ3n) is 4.19. The monoisotopic (exact) mass is 320 g/mol. The maximum atomic E-state index is 11.6. The van der Waals surface area contributed by atoms with E-state index in [0.717, 1.165) is 37.9 Å². The minimum absolute atomic E-state index is 0.00615. The highest BCUT2D eigenvalue weighted by molar-refractivity contribution is 5.76. The van der Waals surface area contributed by atoms with Crippen LogP contribution in [0.3, 0.4) is 0 Å². The van der Waals surface area contributed by atoms with Crippen LogP contribution in [0, 0.1) is 10.1 Å². The highest BCUT2D eigenvalue weighted by Crippen LogP contribution is 2.20. The zero-order valence-corrected chi connectivity index (χ0v) is 13.2. The highest BCUT2D eigenvalue weighted by Gasteiger charge is 2.23. The number of amides is 1. The first-order valence-corrected chi connectivity index (χ1v) is 8.04. The molecule has 0 aromatic heterocycles. The number of carbonyl (C=O) groups is 1. The number of nitro benzene ring substituents is 1. The molecule has 126 valence electrons. The summed E-state index contributed by atoms with van der Waals surface area (Å²) in [5, 5.41) is 13.6. The molecule has 1 aromatic carbocycles. The first-order valence-electron chi connectivity index (χ1n) is 8.04. The van der Waals surface area contributed by atoms with Gasteiger partial charge in [-0.25, -0.2) is 0 Å². The normalized spacial score (nSPS) is 18.6. The molecule has 2 rings (SSSR count). The Labute approximate surface area is 136 Å². The highest BCUT2D eigenvalue weighted by atomic mass is 16.6. The Bertz CT molecular complexity index is 533. The summed E-state index contributed by atoms with van der Waals surface area (Å²) in [5.41, 5.74) is 6.54. The fourth-order valence-corrected chi connectivity index (χ4v) is 2.91. The average molecular weight is 320 g/mol. The molecule has 1 aliphatic rings. The van der Waals surface area contributed by atoms with E-state index >= 15 is 0 Å². The Hall–Kier alpha value is -1.99. The van der Waals surface area contributed by atoms with Crippen molar-refractivity contribution >= 4 is 11.6 Å². The van der Waals surface area contributed by atoms with Crippen LogP contribution in [0.25, 0.3) is 0 Å². The SMILES string of the molecule is NCCC(=O)NCC1CCCCN1Cc1ccc([N+](=O)[O-])cc1. The van der Waals surface area contributed by atoms with E-state index in [-0.39, 0.29) is 16.5 Å². The third-order valence-corrected chi connectivity index (χ3v) is 4.19. The van der Waals surface area contributed by atoms with Crippen LogP contribution in [-0.4, -0.2) is 41.4 Å². The number of nitro groups is 1. The van der Waals surface area contributed by atoms with E-state index in [1.165, 1.54) is 12.1 Å². The van der Waals surface area contributed by atoms with E-state index < -0.39 is 0 Å². The van der Waals surface area contributed by atoms with Crippen molar-refractivity contribution in [2.75, 3.05) is 19.6 Å². The molecule has 7 heteroatoms. The van der Waals surface area contributed by atoms with Gasteiger partial charge in [0.1, 0.15) is 0 Å². The van der Waals surface area contributed by atoms with Gasteiger partial charge in [-0.05, 0) is 24.9 Å². The summed E-state index contributed by atoms with van der Waals surface area (Å²) in [5.74, 6) is -0.00615.